The Morgan fingerprint density at radius 3 is 2.41 bits per heavy atom. The molecule has 0 saturated carbocycles. The molecule has 5 nitrogen and oxygen atoms in total. The molecule has 152 valence electrons. The van der Waals surface area contributed by atoms with Crippen LogP contribution in [0.5, 0.6) is 0 Å². The highest BCUT2D eigenvalue weighted by Crippen LogP contribution is 2.32. The van der Waals surface area contributed by atoms with Gasteiger partial charge in [0, 0.05) is 25.3 Å². The number of anilines is 1. The van der Waals surface area contributed by atoms with Crippen LogP contribution < -0.4 is 5.32 Å². The van der Waals surface area contributed by atoms with E-state index in [1.54, 1.807) is 0 Å². The van der Waals surface area contributed by atoms with E-state index in [1.807, 2.05) is 54.0 Å². The third-order valence-corrected chi connectivity index (χ3v) is 5.89. The topological polar surface area (TPSA) is 52.7 Å². The van der Waals surface area contributed by atoms with Gasteiger partial charge in [0.15, 0.2) is 0 Å². The van der Waals surface area contributed by atoms with Crippen molar-refractivity contribution in [2.24, 2.45) is 0 Å². The number of likely N-dealkylation sites (tertiary alicyclic amines) is 1. The van der Waals surface area contributed by atoms with Crippen LogP contribution in [0.4, 0.5) is 5.69 Å². The minimum absolute atomic E-state index is 0.0754. The predicted molar refractivity (Wildman–Crippen MR) is 115 cm³/mol. The number of rotatable bonds is 4. The van der Waals surface area contributed by atoms with E-state index in [0.717, 1.165) is 54.7 Å². The first kappa shape index (κ1) is 19.6. The second-order valence-corrected chi connectivity index (χ2v) is 8.28. The normalized spacial score (nSPS) is 19.1. The van der Waals surface area contributed by atoms with Gasteiger partial charge < -0.3 is 10.2 Å². The smallest absolute Gasteiger partial charge is 0.244 e. The molecular formula is C24H29N3O2. The fraction of sp³-hybridized carbons (Fsp3) is 0.417. The van der Waals surface area contributed by atoms with E-state index in [-0.39, 0.29) is 24.4 Å². The second kappa shape index (κ2) is 8.37. The van der Waals surface area contributed by atoms with Crippen LogP contribution in [-0.4, -0.2) is 47.8 Å². The SMILES string of the molecule is Cc1cc(C)cc(NC(=O)CN2CCc3ccccc3[C@H]2C(=O)N2CCCC2)c1. The largest absolute Gasteiger partial charge is 0.341 e. The summed E-state index contributed by atoms with van der Waals surface area (Å²) >= 11 is 0. The highest BCUT2D eigenvalue weighted by Gasteiger charge is 2.37. The number of hydrogen-bond acceptors (Lipinski definition) is 3. The predicted octanol–water partition coefficient (Wildman–Crippen LogP) is 3.46. The van der Waals surface area contributed by atoms with Crippen molar-refractivity contribution in [2.45, 2.75) is 39.2 Å². The van der Waals surface area contributed by atoms with Crippen LogP contribution in [0.25, 0.3) is 0 Å². The molecule has 0 spiro atoms. The molecule has 0 bridgehead atoms. The van der Waals surface area contributed by atoms with Gasteiger partial charge in [-0.25, -0.2) is 0 Å². The highest BCUT2D eigenvalue weighted by molar-refractivity contribution is 5.93. The van der Waals surface area contributed by atoms with Gasteiger partial charge in [-0.3, -0.25) is 14.5 Å². The van der Waals surface area contributed by atoms with Gasteiger partial charge in [0.05, 0.1) is 6.54 Å². The van der Waals surface area contributed by atoms with Crippen LogP contribution in [0.1, 0.15) is 41.1 Å². The molecular weight excluding hydrogens is 362 g/mol. The Balaban J connectivity index is 1.54. The van der Waals surface area contributed by atoms with E-state index >= 15 is 0 Å². The number of carbonyl (C=O) groups excluding carboxylic acids is 2. The van der Waals surface area contributed by atoms with Gasteiger partial charge >= 0.3 is 0 Å². The zero-order valence-electron chi connectivity index (χ0n) is 17.3. The number of amides is 2. The van der Waals surface area contributed by atoms with Crippen LogP contribution in [0, 0.1) is 13.8 Å². The van der Waals surface area contributed by atoms with Crippen LogP contribution in [0.3, 0.4) is 0 Å². The van der Waals surface area contributed by atoms with Crippen molar-refractivity contribution in [3.63, 3.8) is 0 Å². The first-order valence-electron chi connectivity index (χ1n) is 10.5. The summed E-state index contributed by atoms with van der Waals surface area (Å²) in [7, 11) is 0. The average molecular weight is 392 g/mol. The molecule has 0 unspecified atom stereocenters. The molecule has 0 radical (unpaired) electrons. The third-order valence-electron chi connectivity index (χ3n) is 5.89. The van der Waals surface area contributed by atoms with Gasteiger partial charge in [0.2, 0.25) is 11.8 Å². The Morgan fingerprint density at radius 1 is 1.00 bits per heavy atom. The van der Waals surface area contributed by atoms with E-state index < -0.39 is 0 Å². The minimum atomic E-state index is -0.372. The summed E-state index contributed by atoms with van der Waals surface area (Å²) in [5, 5.41) is 3.02. The quantitative estimate of drug-likeness (QED) is 0.868. The zero-order chi connectivity index (χ0) is 20.4. The average Bonchev–Trinajstić information content (AvgIpc) is 3.21. The minimum Gasteiger partial charge on any atom is -0.341 e. The summed E-state index contributed by atoms with van der Waals surface area (Å²) in [5.74, 6) is 0.0578. The van der Waals surface area contributed by atoms with Crippen molar-refractivity contribution in [3.8, 4) is 0 Å². The molecule has 2 aliphatic rings. The lowest BCUT2D eigenvalue weighted by Crippen LogP contribution is -2.47. The number of aryl methyl sites for hydroxylation is 2. The first-order chi connectivity index (χ1) is 14.0. The Hall–Kier alpha value is -2.66. The van der Waals surface area contributed by atoms with Crippen LogP contribution in [-0.2, 0) is 16.0 Å². The summed E-state index contributed by atoms with van der Waals surface area (Å²) in [6.45, 7) is 6.61. The van der Waals surface area contributed by atoms with Crippen molar-refractivity contribution < 1.29 is 9.59 Å². The Morgan fingerprint density at radius 2 is 1.69 bits per heavy atom. The molecule has 29 heavy (non-hydrogen) atoms. The number of nitrogens with zero attached hydrogens (tertiary/aromatic N) is 2. The molecule has 5 heteroatoms. The van der Waals surface area contributed by atoms with Crippen molar-refractivity contribution in [1.29, 1.82) is 0 Å². The van der Waals surface area contributed by atoms with Crippen molar-refractivity contribution in [3.05, 3.63) is 64.7 Å². The summed E-state index contributed by atoms with van der Waals surface area (Å²) in [5.41, 5.74) is 5.32. The fourth-order valence-electron chi connectivity index (χ4n) is 4.62. The summed E-state index contributed by atoms with van der Waals surface area (Å²) in [6.07, 6.45) is 2.98. The summed E-state index contributed by atoms with van der Waals surface area (Å²) in [4.78, 5) is 30.2. The molecule has 2 aliphatic heterocycles. The van der Waals surface area contributed by atoms with E-state index in [1.165, 1.54) is 5.56 Å². The fourth-order valence-corrected chi connectivity index (χ4v) is 4.62. The van der Waals surface area contributed by atoms with Gasteiger partial charge in [-0.05, 0) is 67.5 Å². The first-order valence-corrected chi connectivity index (χ1v) is 10.5. The van der Waals surface area contributed by atoms with Crippen molar-refractivity contribution >= 4 is 17.5 Å². The molecule has 0 aliphatic carbocycles. The third kappa shape index (κ3) is 4.35. The standard InChI is InChI=1S/C24H29N3O2/c1-17-13-18(2)15-20(14-17)25-22(28)16-27-12-9-19-7-3-4-8-21(19)23(27)24(29)26-10-5-6-11-26/h3-4,7-8,13-15,23H,5-6,9-12,16H2,1-2H3,(H,25,28)/t23-/m0/s1. The number of fused-ring (bicyclic) bond motifs is 1. The molecule has 2 amide bonds. The maximum absolute atomic E-state index is 13.4. The number of carbonyl (C=O) groups is 2. The lowest BCUT2D eigenvalue weighted by molar-refractivity contribution is -0.137. The maximum Gasteiger partial charge on any atom is 0.244 e. The molecule has 2 aromatic carbocycles. The van der Waals surface area contributed by atoms with E-state index in [4.69, 9.17) is 0 Å². The van der Waals surface area contributed by atoms with E-state index in [2.05, 4.69) is 17.4 Å². The highest BCUT2D eigenvalue weighted by atomic mass is 16.2. The van der Waals surface area contributed by atoms with Gasteiger partial charge in [-0.15, -0.1) is 0 Å². The van der Waals surface area contributed by atoms with Gasteiger partial charge in [-0.1, -0.05) is 30.3 Å². The number of benzene rings is 2. The maximum atomic E-state index is 13.4. The van der Waals surface area contributed by atoms with E-state index in [9.17, 15) is 9.59 Å². The van der Waals surface area contributed by atoms with Crippen molar-refractivity contribution in [2.75, 3.05) is 31.5 Å². The Bertz CT molecular complexity index is 898. The van der Waals surface area contributed by atoms with Crippen molar-refractivity contribution in [1.82, 2.24) is 9.80 Å². The van der Waals surface area contributed by atoms with Crippen LogP contribution in [0.2, 0.25) is 0 Å². The van der Waals surface area contributed by atoms with Gasteiger partial charge in [0.25, 0.3) is 0 Å². The molecule has 1 fully saturated rings. The van der Waals surface area contributed by atoms with Gasteiger partial charge in [0.1, 0.15) is 6.04 Å². The molecule has 0 aromatic heterocycles. The Labute approximate surface area is 172 Å². The monoisotopic (exact) mass is 391 g/mol. The lowest BCUT2D eigenvalue weighted by atomic mass is 9.91. The molecule has 4 rings (SSSR count). The molecule has 2 heterocycles. The zero-order valence-corrected chi connectivity index (χ0v) is 17.3. The second-order valence-electron chi connectivity index (χ2n) is 8.28. The molecule has 1 atom stereocenters. The Kier molecular flexibility index (Phi) is 5.67. The number of hydrogen-bond donors (Lipinski definition) is 1. The molecule has 1 saturated heterocycles. The number of nitrogens with one attached hydrogen (secondary N) is 1. The van der Waals surface area contributed by atoms with E-state index in [0.29, 0.717) is 6.54 Å². The van der Waals surface area contributed by atoms with Crippen LogP contribution in [0.15, 0.2) is 42.5 Å². The summed E-state index contributed by atoms with van der Waals surface area (Å²) in [6, 6.07) is 13.8. The lowest BCUT2D eigenvalue weighted by Gasteiger charge is -2.37. The van der Waals surface area contributed by atoms with Gasteiger partial charge in [-0.2, -0.15) is 0 Å². The molecule has 2 aromatic rings. The molecule has 1 N–H and O–H groups in total. The summed E-state index contributed by atoms with van der Waals surface area (Å²) < 4.78 is 0. The van der Waals surface area contributed by atoms with Crippen LogP contribution >= 0.6 is 0 Å².